The second kappa shape index (κ2) is 8.06. The van der Waals surface area contributed by atoms with Crippen molar-refractivity contribution in [2.45, 2.75) is 32.9 Å². The molecule has 2 amide bonds. The third kappa shape index (κ3) is 4.32. The smallest absolute Gasteiger partial charge is 0.317 e. The van der Waals surface area contributed by atoms with Gasteiger partial charge in [0.1, 0.15) is 0 Å². The first-order chi connectivity index (χ1) is 12.1. The zero-order chi connectivity index (χ0) is 17.6. The van der Waals surface area contributed by atoms with Crippen molar-refractivity contribution in [1.29, 1.82) is 0 Å². The molecule has 4 heteroatoms. The number of carbonyl (C=O) groups excluding carboxylic acids is 1. The molecule has 0 atom stereocenters. The molecule has 0 bridgehead atoms. The van der Waals surface area contributed by atoms with Gasteiger partial charge in [-0.05, 0) is 42.5 Å². The van der Waals surface area contributed by atoms with Crippen LogP contribution in [-0.4, -0.2) is 31.1 Å². The minimum Gasteiger partial charge on any atom is -0.371 e. The number of hydrogen-bond acceptors (Lipinski definition) is 2. The summed E-state index contributed by atoms with van der Waals surface area (Å²) in [6.07, 6.45) is 2.50. The highest BCUT2D eigenvalue weighted by Gasteiger charge is 2.17. The number of aryl methyl sites for hydroxylation is 1. The second-order valence-electron chi connectivity index (χ2n) is 6.76. The van der Waals surface area contributed by atoms with Gasteiger partial charge in [0.2, 0.25) is 0 Å². The molecule has 0 aliphatic carbocycles. The van der Waals surface area contributed by atoms with Gasteiger partial charge in [0, 0.05) is 38.9 Å². The first kappa shape index (κ1) is 17.3. The Kier molecular flexibility index (Phi) is 5.59. The zero-order valence-electron chi connectivity index (χ0n) is 15.2. The summed E-state index contributed by atoms with van der Waals surface area (Å²) in [6, 6.07) is 16.5. The molecule has 132 valence electrons. The molecule has 0 spiro atoms. The predicted molar refractivity (Wildman–Crippen MR) is 103 cm³/mol. The van der Waals surface area contributed by atoms with E-state index in [1.165, 1.54) is 29.7 Å². The van der Waals surface area contributed by atoms with Crippen LogP contribution in [0, 0.1) is 6.92 Å². The molecule has 4 nitrogen and oxygen atoms in total. The van der Waals surface area contributed by atoms with E-state index in [4.69, 9.17) is 0 Å². The number of nitrogens with zero attached hydrogens (tertiary/aromatic N) is 2. The maximum Gasteiger partial charge on any atom is 0.317 e. The number of carbonyl (C=O) groups is 1. The third-order valence-corrected chi connectivity index (χ3v) is 4.88. The minimum atomic E-state index is -0.0421. The summed E-state index contributed by atoms with van der Waals surface area (Å²) >= 11 is 0. The van der Waals surface area contributed by atoms with Crippen LogP contribution in [0.2, 0.25) is 0 Å². The van der Waals surface area contributed by atoms with Gasteiger partial charge < -0.3 is 15.1 Å². The lowest BCUT2D eigenvalue weighted by Gasteiger charge is -2.24. The van der Waals surface area contributed by atoms with Gasteiger partial charge in [0.05, 0.1) is 0 Å². The number of benzene rings is 2. The van der Waals surface area contributed by atoms with E-state index in [2.05, 4.69) is 47.5 Å². The van der Waals surface area contributed by atoms with Crippen molar-refractivity contribution >= 4 is 11.7 Å². The monoisotopic (exact) mass is 337 g/mol. The van der Waals surface area contributed by atoms with Crippen molar-refractivity contribution < 1.29 is 4.79 Å². The molecule has 1 fully saturated rings. The van der Waals surface area contributed by atoms with Gasteiger partial charge in [0.25, 0.3) is 0 Å². The van der Waals surface area contributed by atoms with E-state index in [1.807, 2.05) is 25.2 Å². The highest BCUT2D eigenvalue weighted by Crippen LogP contribution is 2.25. The molecule has 1 aliphatic rings. The largest absolute Gasteiger partial charge is 0.371 e. The average molecular weight is 337 g/mol. The number of rotatable bonds is 5. The van der Waals surface area contributed by atoms with E-state index in [1.54, 1.807) is 4.90 Å². The van der Waals surface area contributed by atoms with Crippen LogP contribution in [0.15, 0.2) is 48.5 Å². The summed E-state index contributed by atoms with van der Waals surface area (Å²) < 4.78 is 0. The third-order valence-electron chi connectivity index (χ3n) is 4.88. The summed E-state index contributed by atoms with van der Waals surface area (Å²) in [7, 11) is 1.86. The molecule has 2 aromatic carbocycles. The van der Waals surface area contributed by atoms with E-state index in [9.17, 15) is 4.79 Å². The Bertz CT molecular complexity index is 723. The van der Waals surface area contributed by atoms with E-state index in [0.29, 0.717) is 13.1 Å². The Labute approximate surface area is 150 Å². The Morgan fingerprint density at radius 3 is 2.40 bits per heavy atom. The van der Waals surface area contributed by atoms with Crippen LogP contribution in [0.5, 0.6) is 0 Å². The molecular formula is C21H27N3O. The summed E-state index contributed by atoms with van der Waals surface area (Å²) in [6.45, 7) is 5.47. The Morgan fingerprint density at radius 1 is 1.04 bits per heavy atom. The van der Waals surface area contributed by atoms with Crippen molar-refractivity contribution in [2.24, 2.45) is 0 Å². The molecule has 1 aliphatic heterocycles. The normalized spacial score (nSPS) is 13.8. The predicted octanol–water partition coefficient (Wildman–Crippen LogP) is 3.94. The number of urea groups is 1. The molecular weight excluding hydrogens is 310 g/mol. The van der Waals surface area contributed by atoms with Crippen molar-refractivity contribution in [1.82, 2.24) is 10.2 Å². The van der Waals surface area contributed by atoms with Crippen molar-refractivity contribution in [3.05, 3.63) is 65.2 Å². The number of hydrogen-bond donors (Lipinski definition) is 1. The fourth-order valence-electron chi connectivity index (χ4n) is 3.35. The van der Waals surface area contributed by atoms with E-state index in [0.717, 1.165) is 18.7 Å². The van der Waals surface area contributed by atoms with Gasteiger partial charge >= 0.3 is 6.03 Å². The molecule has 0 unspecified atom stereocenters. The lowest BCUT2D eigenvalue weighted by Crippen LogP contribution is -2.36. The summed E-state index contributed by atoms with van der Waals surface area (Å²) in [5.41, 5.74) is 4.82. The average Bonchev–Trinajstić information content (AvgIpc) is 3.15. The molecule has 0 saturated carbocycles. The Hall–Kier alpha value is -2.49. The van der Waals surface area contributed by atoms with E-state index in [-0.39, 0.29) is 6.03 Å². The number of nitrogens with one attached hydrogen (secondary N) is 1. The zero-order valence-corrected chi connectivity index (χ0v) is 15.2. The van der Waals surface area contributed by atoms with Gasteiger partial charge in [-0.2, -0.15) is 0 Å². The summed E-state index contributed by atoms with van der Waals surface area (Å²) in [5.74, 6) is 0. The van der Waals surface area contributed by atoms with Crippen LogP contribution in [0.25, 0.3) is 0 Å². The standard InChI is InChI=1S/C21H27N3O/c1-17-9-3-4-10-18(17)15-22-21(25)23(2)16-19-11-5-6-12-20(19)24-13-7-8-14-24/h3-6,9-12H,7-8,13-16H2,1-2H3,(H,22,25). The lowest BCUT2D eigenvalue weighted by atomic mass is 10.1. The van der Waals surface area contributed by atoms with Gasteiger partial charge in [-0.15, -0.1) is 0 Å². The fourth-order valence-corrected chi connectivity index (χ4v) is 3.35. The van der Waals surface area contributed by atoms with Crippen LogP contribution in [0.3, 0.4) is 0 Å². The van der Waals surface area contributed by atoms with Gasteiger partial charge in [-0.1, -0.05) is 42.5 Å². The van der Waals surface area contributed by atoms with Crippen LogP contribution in [0.4, 0.5) is 10.5 Å². The second-order valence-corrected chi connectivity index (χ2v) is 6.76. The molecule has 0 radical (unpaired) electrons. The summed E-state index contributed by atoms with van der Waals surface area (Å²) in [5, 5.41) is 3.02. The maximum absolute atomic E-state index is 12.5. The van der Waals surface area contributed by atoms with Crippen molar-refractivity contribution in [3.8, 4) is 0 Å². The van der Waals surface area contributed by atoms with Crippen molar-refractivity contribution in [3.63, 3.8) is 0 Å². The molecule has 1 N–H and O–H groups in total. The van der Waals surface area contributed by atoms with Crippen LogP contribution >= 0.6 is 0 Å². The summed E-state index contributed by atoms with van der Waals surface area (Å²) in [4.78, 5) is 16.6. The molecule has 0 aromatic heterocycles. The van der Waals surface area contributed by atoms with Crippen LogP contribution < -0.4 is 10.2 Å². The highest BCUT2D eigenvalue weighted by molar-refractivity contribution is 5.74. The van der Waals surface area contributed by atoms with Gasteiger partial charge in [-0.25, -0.2) is 4.79 Å². The quantitative estimate of drug-likeness (QED) is 0.897. The van der Waals surface area contributed by atoms with Crippen LogP contribution in [0.1, 0.15) is 29.5 Å². The number of anilines is 1. The Morgan fingerprint density at radius 2 is 1.68 bits per heavy atom. The van der Waals surface area contributed by atoms with Crippen molar-refractivity contribution in [2.75, 3.05) is 25.0 Å². The molecule has 2 aromatic rings. The topological polar surface area (TPSA) is 35.6 Å². The van der Waals surface area contributed by atoms with Gasteiger partial charge in [-0.3, -0.25) is 0 Å². The lowest BCUT2D eigenvalue weighted by molar-refractivity contribution is 0.206. The Balaban J connectivity index is 1.61. The molecule has 3 rings (SSSR count). The van der Waals surface area contributed by atoms with Gasteiger partial charge in [0.15, 0.2) is 0 Å². The first-order valence-electron chi connectivity index (χ1n) is 9.01. The maximum atomic E-state index is 12.5. The van der Waals surface area contributed by atoms with E-state index < -0.39 is 0 Å². The molecule has 1 saturated heterocycles. The molecule has 25 heavy (non-hydrogen) atoms. The van der Waals surface area contributed by atoms with E-state index >= 15 is 0 Å². The highest BCUT2D eigenvalue weighted by atomic mass is 16.2. The minimum absolute atomic E-state index is 0.0421. The number of amides is 2. The SMILES string of the molecule is Cc1ccccc1CNC(=O)N(C)Cc1ccccc1N1CCCC1. The first-order valence-corrected chi connectivity index (χ1v) is 9.01. The fraction of sp³-hybridized carbons (Fsp3) is 0.381. The van der Waals surface area contributed by atoms with Crippen LogP contribution in [-0.2, 0) is 13.1 Å². The number of para-hydroxylation sites is 1. The molecule has 1 heterocycles.